The highest BCUT2D eigenvalue weighted by molar-refractivity contribution is 9.10. The highest BCUT2D eigenvalue weighted by Crippen LogP contribution is 2.29. The summed E-state index contributed by atoms with van der Waals surface area (Å²) in [6, 6.07) is 7.87. The monoisotopic (exact) mass is 290 g/mol. The van der Waals surface area contributed by atoms with Crippen LogP contribution in [0.4, 0.5) is 0 Å². The van der Waals surface area contributed by atoms with Crippen molar-refractivity contribution >= 4 is 21.7 Å². The summed E-state index contributed by atoms with van der Waals surface area (Å²) in [5, 5.41) is 7.27. The van der Waals surface area contributed by atoms with Crippen molar-refractivity contribution < 1.29 is 4.79 Å². The second-order valence-electron chi connectivity index (χ2n) is 4.21. The van der Waals surface area contributed by atoms with Crippen molar-refractivity contribution in [1.29, 1.82) is 0 Å². The average Bonchev–Trinajstić information content (AvgIpc) is 2.75. The van der Waals surface area contributed by atoms with Crippen molar-refractivity contribution in [2.45, 2.75) is 19.3 Å². The Bertz CT molecular complexity index is 572. The van der Waals surface area contributed by atoms with Crippen LogP contribution in [0.2, 0.25) is 0 Å². The molecule has 0 amide bonds. The van der Waals surface area contributed by atoms with Crippen molar-refractivity contribution in [3.63, 3.8) is 0 Å². The molecule has 0 atom stereocenters. The highest BCUT2D eigenvalue weighted by Gasteiger charge is 2.24. The molecule has 0 spiro atoms. The van der Waals surface area contributed by atoms with Crippen LogP contribution in [0.15, 0.2) is 28.7 Å². The molecule has 0 radical (unpaired) electrons. The van der Waals surface area contributed by atoms with Gasteiger partial charge in [0.2, 0.25) is 0 Å². The van der Waals surface area contributed by atoms with E-state index in [4.69, 9.17) is 0 Å². The largest absolute Gasteiger partial charge is 0.294 e. The molecule has 2 aromatic rings. The summed E-state index contributed by atoms with van der Waals surface area (Å²) in [5.74, 6) is 0.206. The minimum absolute atomic E-state index is 0.206. The van der Waals surface area contributed by atoms with Crippen LogP contribution in [0.3, 0.4) is 0 Å². The smallest absolute Gasteiger partial charge is 0.166 e. The molecule has 0 saturated heterocycles. The van der Waals surface area contributed by atoms with Crippen LogP contribution in [0, 0.1) is 0 Å². The number of hydrogen-bond donors (Lipinski definition) is 1. The maximum absolute atomic E-state index is 11.9. The summed E-state index contributed by atoms with van der Waals surface area (Å²) in [6.07, 6.45) is 2.48. The summed E-state index contributed by atoms with van der Waals surface area (Å²) < 4.78 is 1.02. The molecule has 0 aliphatic heterocycles. The zero-order chi connectivity index (χ0) is 11.8. The molecule has 3 rings (SSSR count). The Morgan fingerprint density at radius 1 is 1.18 bits per heavy atom. The number of aryl methyl sites for hydroxylation is 1. The van der Waals surface area contributed by atoms with E-state index in [9.17, 15) is 4.79 Å². The number of fused-ring (bicyclic) bond motifs is 1. The van der Waals surface area contributed by atoms with Crippen molar-refractivity contribution in [3.8, 4) is 11.3 Å². The fourth-order valence-electron chi connectivity index (χ4n) is 2.23. The number of nitrogens with zero attached hydrogens (tertiary/aromatic N) is 1. The fourth-order valence-corrected chi connectivity index (χ4v) is 2.49. The highest BCUT2D eigenvalue weighted by atomic mass is 79.9. The Labute approximate surface area is 107 Å². The molecule has 3 nitrogen and oxygen atoms in total. The number of halogens is 1. The first-order chi connectivity index (χ1) is 8.25. The zero-order valence-corrected chi connectivity index (χ0v) is 10.8. The van der Waals surface area contributed by atoms with Crippen molar-refractivity contribution in [2.24, 2.45) is 0 Å². The zero-order valence-electron chi connectivity index (χ0n) is 9.16. The van der Waals surface area contributed by atoms with E-state index in [1.54, 1.807) is 0 Å². The fraction of sp³-hybridized carbons (Fsp3) is 0.231. The lowest BCUT2D eigenvalue weighted by molar-refractivity contribution is 0.0973. The van der Waals surface area contributed by atoms with Crippen LogP contribution in [0.25, 0.3) is 11.3 Å². The van der Waals surface area contributed by atoms with Crippen LogP contribution in [0.5, 0.6) is 0 Å². The lowest BCUT2D eigenvalue weighted by Gasteiger charge is -2.10. The van der Waals surface area contributed by atoms with Crippen LogP contribution in [-0.2, 0) is 6.42 Å². The molecule has 1 heterocycles. The van der Waals surface area contributed by atoms with Crippen LogP contribution < -0.4 is 0 Å². The van der Waals surface area contributed by atoms with Gasteiger partial charge in [-0.25, -0.2) is 0 Å². The van der Waals surface area contributed by atoms with Gasteiger partial charge in [0, 0.05) is 22.2 Å². The van der Waals surface area contributed by atoms with Crippen molar-refractivity contribution in [2.75, 3.05) is 0 Å². The molecule has 1 aliphatic rings. The normalized spacial score (nSPS) is 14.8. The lowest BCUT2D eigenvalue weighted by Crippen LogP contribution is -2.09. The van der Waals surface area contributed by atoms with Gasteiger partial charge < -0.3 is 0 Å². The Morgan fingerprint density at radius 3 is 2.71 bits per heavy atom. The molecule has 1 aliphatic carbocycles. The third-order valence-electron chi connectivity index (χ3n) is 3.07. The molecular formula is C13H11BrN2O. The maximum Gasteiger partial charge on any atom is 0.166 e. The number of benzene rings is 1. The van der Waals surface area contributed by atoms with E-state index >= 15 is 0 Å². The molecule has 1 aromatic carbocycles. The van der Waals surface area contributed by atoms with Gasteiger partial charge in [-0.1, -0.05) is 28.1 Å². The van der Waals surface area contributed by atoms with Gasteiger partial charge in [0.1, 0.15) is 5.69 Å². The standard InChI is InChI=1S/C13H11BrN2O/c14-9-6-4-8(5-7-9)13-12-10(15-16-13)2-1-3-11(12)17/h4-7H,1-3H2,(H,15,16). The number of nitrogens with one attached hydrogen (secondary N) is 1. The predicted octanol–water partition coefficient (Wildman–Crippen LogP) is 3.36. The van der Waals surface area contributed by atoms with Crippen molar-refractivity contribution in [3.05, 3.63) is 40.0 Å². The number of ketones is 1. The number of Topliss-reactive ketones (excluding diaryl/α,β-unsaturated/α-hetero) is 1. The van der Waals surface area contributed by atoms with Crippen LogP contribution in [-0.4, -0.2) is 16.0 Å². The summed E-state index contributed by atoms with van der Waals surface area (Å²) in [7, 11) is 0. The number of hydrogen-bond acceptors (Lipinski definition) is 2. The van der Waals surface area contributed by atoms with Crippen LogP contribution in [0.1, 0.15) is 28.9 Å². The Morgan fingerprint density at radius 2 is 1.94 bits per heavy atom. The molecule has 0 unspecified atom stereocenters. The van der Waals surface area contributed by atoms with Gasteiger partial charge in [0.25, 0.3) is 0 Å². The molecular weight excluding hydrogens is 280 g/mol. The van der Waals surface area contributed by atoms with Gasteiger partial charge in [-0.2, -0.15) is 5.10 Å². The van der Waals surface area contributed by atoms with Gasteiger partial charge in [-0.05, 0) is 25.0 Å². The summed E-state index contributed by atoms with van der Waals surface area (Å²) in [6.45, 7) is 0. The second-order valence-corrected chi connectivity index (χ2v) is 5.13. The molecule has 0 saturated carbocycles. The van der Waals surface area contributed by atoms with Gasteiger partial charge in [-0.3, -0.25) is 9.89 Å². The Balaban J connectivity index is 2.12. The maximum atomic E-state index is 11.9. The second kappa shape index (κ2) is 4.11. The molecule has 4 heteroatoms. The average molecular weight is 291 g/mol. The molecule has 0 fully saturated rings. The lowest BCUT2D eigenvalue weighted by atomic mass is 9.92. The van der Waals surface area contributed by atoms with Gasteiger partial charge in [-0.15, -0.1) is 0 Å². The quantitative estimate of drug-likeness (QED) is 0.875. The van der Waals surface area contributed by atoms with Gasteiger partial charge in [0.05, 0.1) is 5.56 Å². The summed E-state index contributed by atoms with van der Waals surface area (Å²) in [4.78, 5) is 11.9. The van der Waals surface area contributed by atoms with Gasteiger partial charge >= 0.3 is 0 Å². The predicted molar refractivity (Wildman–Crippen MR) is 69.0 cm³/mol. The number of carbonyl (C=O) groups is 1. The van der Waals surface area contributed by atoms with E-state index in [1.165, 1.54) is 0 Å². The topological polar surface area (TPSA) is 45.8 Å². The Kier molecular flexibility index (Phi) is 2.59. The molecule has 17 heavy (non-hydrogen) atoms. The third-order valence-corrected chi connectivity index (χ3v) is 3.60. The number of aromatic amines is 1. The first-order valence-electron chi connectivity index (χ1n) is 5.62. The Hall–Kier alpha value is -1.42. The van der Waals surface area contributed by atoms with E-state index in [2.05, 4.69) is 26.1 Å². The minimum Gasteiger partial charge on any atom is -0.294 e. The number of rotatable bonds is 1. The van der Waals surface area contributed by atoms with E-state index in [1.807, 2.05) is 24.3 Å². The number of carbonyl (C=O) groups excluding carboxylic acids is 1. The number of aromatic nitrogens is 2. The first-order valence-corrected chi connectivity index (χ1v) is 6.41. The summed E-state index contributed by atoms with van der Waals surface area (Å²) in [5.41, 5.74) is 3.55. The van der Waals surface area contributed by atoms with E-state index < -0.39 is 0 Å². The van der Waals surface area contributed by atoms with Gasteiger partial charge in [0.15, 0.2) is 5.78 Å². The van der Waals surface area contributed by atoms with Crippen LogP contribution >= 0.6 is 15.9 Å². The molecule has 1 N–H and O–H groups in total. The SMILES string of the molecule is O=C1CCCc2[nH]nc(-c3ccc(Br)cc3)c21. The number of H-pyrrole nitrogens is 1. The van der Waals surface area contributed by atoms with E-state index in [0.29, 0.717) is 6.42 Å². The minimum atomic E-state index is 0.206. The third kappa shape index (κ3) is 1.82. The van der Waals surface area contributed by atoms with E-state index in [-0.39, 0.29) is 5.78 Å². The molecule has 0 bridgehead atoms. The summed E-state index contributed by atoms with van der Waals surface area (Å²) >= 11 is 3.40. The first kappa shape index (κ1) is 10.7. The van der Waals surface area contributed by atoms with Crippen molar-refractivity contribution in [1.82, 2.24) is 10.2 Å². The van der Waals surface area contributed by atoms with E-state index in [0.717, 1.165) is 39.8 Å². The molecule has 1 aromatic heterocycles. The molecule has 86 valence electrons.